The standard InChI is InChI=1S/C29H35N5O3S/c1-15-10-11-30-16(2)23(15)32-20-13-22(28(3,4)29(5,6)37)38-25(20)19-14-34(7)27(36)24-18(19)12-21(33-24)26(35)31-17-8-9-17/h10-14,17,32-33,37H,8-9H2,1-7H3,(H,31,35). The molecule has 4 N–H and O–H groups in total. The van der Waals surface area contributed by atoms with Crippen molar-refractivity contribution in [1.29, 1.82) is 0 Å². The van der Waals surface area contributed by atoms with Gasteiger partial charge in [0.05, 0.1) is 27.5 Å². The number of carbonyl (C=O) groups is 1. The first kappa shape index (κ1) is 26.2. The van der Waals surface area contributed by atoms with Crippen molar-refractivity contribution in [2.24, 2.45) is 7.05 Å². The summed E-state index contributed by atoms with van der Waals surface area (Å²) < 4.78 is 1.54. The lowest BCUT2D eigenvalue weighted by molar-refractivity contribution is 0.0112. The van der Waals surface area contributed by atoms with Crippen molar-refractivity contribution in [1.82, 2.24) is 19.9 Å². The molecule has 0 saturated heterocycles. The Morgan fingerprint density at radius 1 is 1.21 bits per heavy atom. The van der Waals surface area contributed by atoms with Crippen LogP contribution in [-0.4, -0.2) is 37.2 Å². The van der Waals surface area contributed by atoms with Gasteiger partial charge < -0.3 is 25.3 Å². The quantitative estimate of drug-likeness (QED) is 0.258. The Morgan fingerprint density at radius 2 is 1.92 bits per heavy atom. The monoisotopic (exact) mass is 533 g/mol. The lowest BCUT2D eigenvalue weighted by Crippen LogP contribution is -2.41. The van der Waals surface area contributed by atoms with Gasteiger partial charge in [-0.15, -0.1) is 11.3 Å². The average Bonchev–Trinajstić information content (AvgIpc) is 3.36. The Labute approximate surface area is 226 Å². The van der Waals surface area contributed by atoms with E-state index in [1.54, 1.807) is 35.2 Å². The van der Waals surface area contributed by atoms with Crippen LogP contribution in [-0.2, 0) is 12.5 Å². The van der Waals surface area contributed by atoms with Gasteiger partial charge in [-0.3, -0.25) is 14.6 Å². The molecule has 200 valence electrons. The van der Waals surface area contributed by atoms with Gasteiger partial charge in [0.25, 0.3) is 11.5 Å². The van der Waals surface area contributed by atoms with E-state index in [9.17, 15) is 14.7 Å². The number of thiophene rings is 1. The first-order chi connectivity index (χ1) is 17.8. The molecular weight excluding hydrogens is 498 g/mol. The molecule has 1 saturated carbocycles. The number of nitrogens with zero attached hydrogens (tertiary/aromatic N) is 2. The summed E-state index contributed by atoms with van der Waals surface area (Å²) in [5, 5.41) is 18.3. The SMILES string of the molecule is Cc1ccnc(C)c1Nc1cc(C(C)(C)C(C)(C)O)sc1-c1cn(C)c(=O)c2[nH]c(C(=O)NC3CC3)cc12. The molecule has 0 unspecified atom stereocenters. The maximum Gasteiger partial charge on any atom is 0.274 e. The molecule has 4 aromatic heterocycles. The van der Waals surface area contributed by atoms with Crippen molar-refractivity contribution in [3.63, 3.8) is 0 Å². The van der Waals surface area contributed by atoms with Crippen molar-refractivity contribution in [3.8, 4) is 10.4 Å². The van der Waals surface area contributed by atoms with E-state index in [-0.39, 0.29) is 17.5 Å². The van der Waals surface area contributed by atoms with E-state index in [2.05, 4.69) is 26.7 Å². The summed E-state index contributed by atoms with van der Waals surface area (Å²) in [6, 6.07) is 6.02. The van der Waals surface area contributed by atoms with Gasteiger partial charge in [-0.05, 0) is 64.3 Å². The van der Waals surface area contributed by atoms with Crippen LogP contribution in [0.25, 0.3) is 21.3 Å². The number of rotatable bonds is 7. The number of aryl methyl sites for hydroxylation is 3. The zero-order chi connectivity index (χ0) is 27.6. The number of nitrogens with one attached hydrogen (secondary N) is 3. The Kier molecular flexibility index (Phi) is 6.27. The molecule has 38 heavy (non-hydrogen) atoms. The first-order valence-corrected chi connectivity index (χ1v) is 13.7. The van der Waals surface area contributed by atoms with Crippen molar-refractivity contribution in [2.45, 2.75) is 71.4 Å². The summed E-state index contributed by atoms with van der Waals surface area (Å²) in [6.45, 7) is 11.7. The van der Waals surface area contributed by atoms with Gasteiger partial charge in [-0.2, -0.15) is 0 Å². The Bertz CT molecular complexity index is 1600. The number of anilines is 2. The van der Waals surface area contributed by atoms with Gasteiger partial charge in [0.1, 0.15) is 11.2 Å². The molecule has 1 amide bonds. The smallest absolute Gasteiger partial charge is 0.274 e. The summed E-state index contributed by atoms with van der Waals surface area (Å²) >= 11 is 1.57. The lowest BCUT2D eigenvalue weighted by Gasteiger charge is -2.36. The van der Waals surface area contributed by atoms with Gasteiger partial charge in [-0.25, -0.2) is 0 Å². The van der Waals surface area contributed by atoms with Gasteiger partial charge in [-0.1, -0.05) is 13.8 Å². The molecule has 0 aromatic carbocycles. The second-order valence-electron chi connectivity index (χ2n) is 11.4. The fourth-order valence-electron chi connectivity index (χ4n) is 4.44. The van der Waals surface area contributed by atoms with Crippen molar-refractivity contribution in [3.05, 3.63) is 62.8 Å². The van der Waals surface area contributed by atoms with E-state index in [1.807, 2.05) is 53.8 Å². The Hall–Kier alpha value is -3.43. The fourth-order valence-corrected chi connectivity index (χ4v) is 5.83. The predicted molar refractivity (Wildman–Crippen MR) is 154 cm³/mol. The summed E-state index contributed by atoms with van der Waals surface area (Å²) in [7, 11) is 1.72. The highest BCUT2D eigenvalue weighted by Gasteiger charge is 2.39. The summed E-state index contributed by atoms with van der Waals surface area (Å²) in [5.74, 6) is -0.202. The summed E-state index contributed by atoms with van der Waals surface area (Å²) in [4.78, 5) is 35.4. The molecule has 9 heteroatoms. The largest absolute Gasteiger partial charge is 0.390 e. The third-order valence-corrected chi connectivity index (χ3v) is 9.34. The number of fused-ring (bicyclic) bond motifs is 1. The number of aliphatic hydroxyl groups is 1. The van der Waals surface area contributed by atoms with Crippen LogP contribution >= 0.6 is 11.3 Å². The van der Waals surface area contributed by atoms with E-state index in [0.717, 1.165) is 50.8 Å². The molecule has 5 rings (SSSR count). The van der Waals surface area contributed by atoms with Crippen molar-refractivity contribution in [2.75, 3.05) is 5.32 Å². The molecule has 1 aliphatic rings. The van der Waals surface area contributed by atoms with E-state index < -0.39 is 11.0 Å². The third kappa shape index (κ3) is 4.54. The summed E-state index contributed by atoms with van der Waals surface area (Å²) in [6.07, 6.45) is 5.58. The second-order valence-corrected chi connectivity index (χ2v) is 12.5. The number of amides is 1. The first-order valence-electron chi connectivity index (χ1n) is 12.9. The highest BCUT2D eigenvalue weighted by atomic mass is 32.1. The minimum Gasteiger partial charge on any atom is -0.390 e. The normalized spacial score (nSPS) is 14.2. The van der Waals surface area contributed by atoms with Crippen LogP contribution in [0.2, 0.25) is 0 Å². The van der Waals surface area contributed by atoms with E-state index >= 15 is 0 Å². The highest BCUT2D eigenvalue weighted by molar-refractivity contribution is 7.16. The molecule has 0 aliphatic heterocycles. The van der Waals surface area contributed by atoms with Crippen LogP contribution in [0.15, 0.2) is 35.4 Å². The number of hydrogen-bond acceptors (Lipinski definition) is 6. The fraction of sp³-hybridized carbons (Fsp3) is 0.414. The van der Waals surface area contributed by atoms with Gasteiger partial charge in [0.2, 0.25) is 0 Å². The summed E-state index contributed by atoms with van der Waals surface area (Å²) in [5.41, 5.74) is 3.56. The number of aromatic nitrogens is 3. The van der Waals surface area contributed by atoms with Gasteiger partial charge in [0.15, 0.2) is 0 Å². The number of aromatic amines is 1. The molecular formula is C29H35N5O3S. The number of H-pyrrole nitrogens is 1. The lowest BCUT2D eigenvalue weighted by atomic mass is 9.76. The molecule has 0 atom stereocenters. The molecule has 4 aromatic rings. The minimum atomic E-state index is -0.979. The third-order valence-electron chi connectivity index (χ3n) is 7.85. The maximum absolute atomic E-state index is 13.1. The Balaban J connectivity index is 1.73. The van der Waals surface area contributed by atoms with Crippen LogP contribution in [0.1, 0.15) is 67.2 Å². The van der Waals surface area contributed by atoms with Gasteiger partial charge in [0, 0.05) is 46.7 Å². The molecule has 4 heterocycles. The predicted octanol–water partition coefficient (Wildman–Crippen LogP) is 5.29. The topological polar surface area (TPSA) is 112 Å². The maximum atomic E-state index is 13.1. The average molecular weight is 534 g/mol. The highest BCUT2D eigenvalue weighted by Crippen LogP contribution is 2.47. The van der Waals surface area contributed by atoms with Crippen molar-refractivity contribution >= 4 is 39.5 Å². The Morgan fingerprint density at radius 3 is 2.55 bits per heavy atom. The molecule has 1 aliphatic carbocycles. The van der Waals surface area contributed by atoms with Crippen LogP contribution in [0.4, 0.5) is 11.4 Å². The number of pyridine rings is 2. The van der Waals surface area contributed by atoms with Crippen LogP contribution in [0, 0.1) is 13.8 Å². The molecule has 1 fully saturated rings. The van der Waals surface area contributed by atoms with E-state index in [4.69, 9.17) is 0 Å². The number of carbonyl (C=O) groups excluding carboxylic acids is 1. The zero-order valence-electron chi connectivity index (χ0n) is 22.9. The molecule has 0 bridgehead atoms. The van der Waals surface area contributed by atoms with Crippen LogP contribution < -0.4 is 16.2 Å². The molecule has 8 nitrogen and oxygen atoms in total. The van der Waals surface area contributed by atoms with E-state index in [1.165, 1.54) is 0 Å². The van der Waals surface area contributed by atoms with Crippen LogP contribution in [0.5, 0.6) is 0 Å². The molecule has 0 spiro atoms. The number of hydrogen-bond donors (Lipinski definition) is 4. The van der Waals surface area contributed by atoms with E-state index in [0.29, 0.717) is 16.6 Å². The minimum absolute atomic E-state index is 0.198. The zero-order valence-corrected chi connectivity index (χ0v) is 23.8. The second kappa shape index (κ2) is 9.10. The van der Waals surface area contributed by atoms with Gasteiger partial charge >= 0.3 is 0 Å². The van der Waals surface area contributed by atoms with Crippen molar-refractivity contribution < 1.29 is 9.90 Å². The molecule has 0 radical (unpaired) electrons. The van der Waals surface area contributed by atoms with Crippen LogP contribution in [0.3, 0.4) is 0 Å².